The van der Waals surface area contributed by atoms with Crippen LogP contribution in [0.15, 0.2) is 22.8 Å². The van der Waals surface area contributed by atoms with Gasteiger partial charge in [-0.1, -0.05) is 0 Å². The lowest BCUT2D eigenvalue weighted by Crippen LogP contribution is -2.51. The minimum absolute atomic E-state index is 0.0262. The number of nitriles is 1. The number of nitrogens with one attached hydrogen (secondary N) is 2. The van der Waals surface area contributed by atoms with E-state index in [-0.39, 0.29) is 24.4 Å². The summed E-state index contributed by atoms with van der Waals surface area (Å²) in [6.45, 7) is 11.6. The number of carbonyl (C=O) groups excluding carboxylic acids is 2. The summed E-state index contributed by atoms with van der Waals surface area (Å²) in [6, 6.07) is 6.04. The van der Waals surface area contributed by atoms with Gasteiger partial charge in [-0.2, -0.15) is 5.26 Å². The van der Waals surface area contributed by atoms with E-state index in [1.54, 1.807) is 6.26 Å². The van der Waals surface area contributed by atoms with Crippen LogP contribution >= 0.6 is 0 Å². The third-order valence-electron chi connectivity index (χ3n) is 5.74. The summed E-state index contributed by atoms with van der Waals surface area (Å²) in [6.07, 6.45) is 1.61. The van der Waals surface area contributed by atoms with E-state index in [0.29, 0.717) is 37.6 Å². The number of furan rings is 1. The van der Waals surface area contributed by atoms with Crippen LogP contribution < -0.4 is 10.6 Å². The van der Waals surface area contributed by atoms with Gasteiger partial charge < -0.3 is 19.6 Å². The summed E-state index contributed by atoms with van der Waals surface area (Å²) >= 11 is 0. The van der Waals surface area contributed by atoms with Crippen molar-refractivity contribution in [2.45, 2.75) is 40.3 Å². The molecule has 9 nitrogen and oxygen atoms in total. The number of hydrogen-bond acceptors (Lipinski definition) is 6. The first-order chi connectivity index (χ1) is 15.3. The molecule has 2 aromatic rings. The fourth-order valence-electron chi connectivity index (χ4n) is 3.94. The van der Waals surface area contributed by atoms with Gasteiger partial charge in [0.25, 0.3) is 0 Å². The standard InChI is InChI=1S/C23H32N6O3/c1-16(2)25-21(30)14-27-7-9-28(10-8-27)15-22(31)26-23-20(12-24)17(3)18(4)29(23)13-19-6-5-11-32-19/h5-6,11,16H,7-10,13-15H2,1-4H3,(H,25,30)(H,26,31). The molecule has 32 heavy (non-hydrogen) atoms. The van der Waals surface area contributed by atoms with Gasteiger partial charge in [-0.3, -0.25) is 19.4 Å². The highest BCUT2D eigenvalue weighted by Gasteiger charge is 2.24. The maximum atomic E-state index is 12.8. The first-order valence-corrected chi connectivity index (χ1v) is 10.9. The maximum absolute atomic E-state index is 12.8. The molecule has 1 saturated heterocycles. The Bertz CT molecular complexity index is 979. The average Bonchev–Trinajstić information content (AvgIpc) is 3.32. The number of nitrogens with zero attached hydrogens (tertiary/aromatic N) is 4. The monoisotopic (exact) mass is 440 g/mol. The molecule has 172 valence electrons. The molecule has 1 aliphatic rings. The van der Waals surface area contributed by atoms with Gasteiger partial charge in [0.1, 0.15) is 17.6 Å². The highest BCUT2D eigenvalue weighted by atomic mass is 16.3. The van der Waals surface area contributed by atoms with Crippen molar-refractivity contribution in [2.24, 2.45) is 0 Å². The normalized spacial score (nSPS) is 15.0. The molecule has 0 spiro atoms. The molecule has 3 rings (SSSR count). The minimum atomic E-state index is -0.161. The first-order valence-electron chi connectivity index (χ1n) is 10.9. The molecule has 0 atom stereocenters. The summed E-state index contributed by atoms with van der Waals surface area (Å²) in [7, 11) is 0. The van der Waals surface area contributed by atoms with Crippen LogP contribution in [0.1, 0.15) is 36.4 Å². The fraction of sp³-hybridized carbons (Fsp3) is 0.522. The average molecular weight is 441 g/mol. The Morgan fingerprint density at radius 1 is 1.12 bits per heavy atom. The zero-order valence-electron chi connectivity index (χ0n) is 19.3. The summed E-state index contributed by atoms with van der Waals surface area (Å²) in [5.41, 5.74) is 2.24. The van der Waals surface area contributed by atoms with Crippen LogP contribution in [0.3, 0.4) is 0 Å². The molecular formula is C23H32N6O3. The van der Waals surface area contributed by atoms with Crippen LogP contribution in [0.5, 0.6) is 0 Å². The third kappa shape index (κ3) is 5.78. The van der Waals surface area contributed by atoms with Crippen molar-refractivity contribution in [1.82, 2.24) is 19.7 Å². The largest absolute Gasteiger partial charge is 0.467 e. The predicted molar refractivity (Wildman–Crippen MR) is 121 cm³/mol. The van der Waals surface area contributed by atoms with E-state index >= 15 is 0 Å². The Labute approximate surface area is 189 Å². The van der Waals surface area contributed by atoms with Crippen molar-refractivity contribution in [3.05, 3.63) is 41.0 Å². The van der Waals surface area contributed by atoms with Gasteiger partial charge >= 0.3 is 0 Å². The molecule has 2 aromatic heterocycles. The van der Waals surface area contributed by atoms with E-state index in [1.807, 2.05) is 44.4 Å². The van der Waals surface area contributed by atoms with Crippen LogP contribution in [0.4, 0.5) is 5.82 Å². The molecule has 0 aromatic carbocycles. The van der Waals surface area contributed by atoms with Crippen LogP contribution in [-0.4, -0.2) is 71.5 Å². The lowest BCUT2D eigenvalue weighted by atomic mass is 10.2. The molecule has 0 aliphatic carbocycles. The van der Waals surface area contributed by atoms with Crippen molar-refractivity contribution in [3.8, 4) is 6.07 Å². The highest BCUT2D eigenvalue weighted by Crippen LogP contribution is 2.27. The summed E-state index contributed by atoms with van der Waals surface area (Å²) in [4.78, 5) is 28.9. The first kappa shape index (κ1) is 23.6. The van der Waals surface area contributed by atoms with Gasteiger partial charge in [-0.25, -0.2) is 0 Å². The Kier molecular flexibility index (Phi) is 7.72. The number of rotatable bonds is 8. The predicted octanol–water partition coefficient (Wildman–Crippen LogP) is 1.70. The smallest absolute Gasteiger partial charge is 0.239 e. The SMILES string of the molecule is Cc1c(C#N)c(NC(=O)CN2CCN(CC(=O)NC(C)C)CC2)n(Cc2ccco2)c1C. The van der Waals surface area contributed by atoms with Crippen LogP contribution in [-0.2, 0) is 16.1 Å². The third-order valence-corrected chi connectivity index (χ3v) is 5.74. The van der Waals surface area contributed by atoms with Gasteiger partial charge in [0.05, 0.1) is 31.5 Å². The molecule has 1 fully saturated rings. The molecule has 0 bridgehead atoms. The van der Waals surface area contributed by atoms with E-state index in [2.05, 4.69) is 26.5 Å². The Balaban J connectivity index is 1.59. The second-order valence-electron chi connectivity index (χ2n) is 8.53. The maximum Gasteiger partial charge on any atom is 0.239 e. The number of carbonyl (C=O) groups is 2. The lowest BCUT2D eigenvalue weighted by Gasteiger charge is -2.34. The molecule has 2 amide bonds. The molecule has 3 heterocycles. The van der Waals surface area contributed by atoms with E-state index in [9.17, 15) is 14.9 Å². The second-order valence-corrected chi connectivity index (χ2v) is 8.53. The van der Waals surface area contributed by atoms with E-state index in [1.165, 1.54) is 0 Å². The van der Waals surface area contributed by atoms with Gasteiger partial charge in [0.2, 0.25) is 11.8 Å². The lowest BCUT2D eigenvalue weighted by molar-refractivity contribution is -0.124. The van der Waals surface area contributed by atoms with Crippen LogP contribution in [0.25, 0.3) is 0 Å². The molecule has 0 radical (unpaired) electrons. The molecule has 2 N–H and O–H groups in total. The van der Waals surface area contributed by atoms with Gasteiger partial charge in [-0.05, 0) is 45.4 Å². The molecule has 0 unspecified atom stereocenters. The number of hydrogen-bond donors (Lipinski definition) is 2. The van der Waals surface area contributed by atoms with Crippen molar-refractivity contribution in [3.63, 3.8) is 0 Å². The number of piperazine rings is 1. The minimum Gasteiger partial charge on any atom is -0.467 e. The summed E-state index contributed by atoms with van der Waals surface area (Å²) in [5.74, 6) is 1.12. The van der Waals surface area contributed by atoms with E-state index < -0.39 is 0 Å². The van der Waals surface area contributed by atoms with Gasteiger partial charge in [0, 0.05) is 37.9 Å². The zero-order chi connectivity index (χ0) is 23.3. The van der Waals surface area contributed by atoms with Crippen molar-refractivity contribution < 1.29 is 14.0 Å². The van der Waals surface area contributed by atoms with Crippen molar-refractivity contribution in [1.29, 1.82) is 5.26 Å². The number of aromatic nitrogens is 1. The number of amides is 2. The van der Waals surface area contributed by atoms with E-state index in [0.717, 1.165) is 30.1 Å². The summed E-state index contributed by atoms with van der Waals surface area (Å²) in [5, 5.41) is 15.5. The van der Waals surface area contributed by atoms with Gasteiger partial charge in [0.15, 0.2) is 0 Å². The highest BCUT2D eigenvalue weighted by molar-refractivity contribution is 5.93. The Hall–Kier alpha value is -3.09. The van der Waals surface area contributed by atoms with Crippen LogP contribution in [0, 0.1) is 25.2 Å². The van der Waals surface area contributed by atoms with E-state index in [4.69, 9.17) is 4.42 Å². The summed E-state index contributed by atoms with van der Waals surface area (Å²) < 4.78 is 7.37. The van der Waals surface area contributed by atoms with Crippen LogP contribution in [0.2, 0.25) is 0 Å². The zero-order valence-corrected chi connectivity index (χ0v) is 19.3. The Morgan fingerprint density at radius 2 is 1.75 bits per heavy atom. The topological polar surface area (TPSA) is 107 Å². The molecule has 9 heteroatoms. The van der Waals surface area contributed by atoms with Gasteiger partial charge in [-0.15, -0.1) is 0 Å². The number of anilines is 1. The second kappa shape index (κ2) is 10.5. The van der Waals surface area contributed by atoms with Crippen molar-refractivity contribution >= 4 is 17.6 Å². The fourth-order valence-corrected chi connectivity index (χ4v) is 3.94. The molecular weight excluding hydrogens is 408 g/mol. The quantitative estimate of drug-likeness (QED) is 0.647. The van der Waals surface area contributed by atoms with Crippen molar-refractivity contribution in [2.75, 3.05) is 44.6 Å². The molecule has 1 aliphatic heterocycles. The Morgan fingerprint density at radius 3 is 2.28 bits per heavy atom. The molecule has 0 saturated carbocycles.